The molecule has 0 bridgehead atoms. The number of nitrogens with one attached hydrogen (secondary N) is 2. The summed E-state index contributed by atoms with van der Waals surface area (Å²) < 4.78 is 5.32. The lowest BCUT2D eigenvalue weighted by atomic mass is 10.1. The van der Waals surface area contributed by atoms with Gasteiger partial charge < -0.3 is 15.4 Å². The van der Waals surface area contributed by atoms with E-state index in [2.05, 4.69) is 15.5 Å². The highest BCUT2D eigenvalue weighted by atomic mass is 16.6. The van der Waals surface area contributed by atoms with E-state index >= 15 is 0 Å². The minimum Gasteiger partial charge on any atom is -0.379 e. The van der Waals surface area contributed by atoms with Crippen molar-refractivity contribution in [3.05, 3.63) is 69.8 Å². The van der Waals surface area contributed by atoms with Gasteiger partial charge in [-0.25, -0.2) is 0 Å². The molecule has 0 unspecified atom stereocenters. The molecule has 8 heteroatoms. The van der Waals surface area contributed by atoms with Gasteiger partial charge in [0.25, 0.3) is 5.69 Å². The lowest BCUT2D eigenvalue weighted by molar-refractivity contribution is -0.384. The number of hydrogen-bond acceptors (Lipinski definition) is 6. The van der Waals surface area contributed by atoms with E-state index in [0.717, 1.165) is 49.7 Å². The Kier molecular flexibility index (Phi) is 7.69. The number of rotatable bonds is 9. The van der Waals surface area contributed by atoms with Gasteiger partial charge in [-0.1, -0.05) is 24.3 Å². The molecule has 3 rings (SSSR count). The van der Waals surface area contributed by atoms with Crippen LogP contribution in [0.15, 0.2) is 48.5 Å². The number of carbonyl (C=O) groups excluding carboxylic acids is 1. The van der Waals surface area contributed by atoms with Crippen LogP contribution in [0.3, 0.4) is 0 Å². The number of carbonyl (C=O) groups is 1. The van der Waals surface area contributed by atoms with Crippen molar-refractivity contribution in [2.75, 3.05) is 38.2 Å². The van der Waals surface area contributed by atoms with Gasteiger partial charge in [-0.15, -0.1) is 0 Å². The second kappa shape index (κ2) is 10.7. The molecular weight excluding hydrogens is 372 g/mol. The highest BCUT2D eigenvalue weighted by molar-refractivity contribution is 5.90. The van der Waals surface area contributed by atoms with Crippen LogP contribution >= 0.6 is 0 Å². The van der Waals surface area contributed by atoms with E-state index < -0.39 is 4.92 Å². The fraction of sp³-hybridized carbons (Fsp3) is 0.381. The molecule has 1 aliphatic heterocycles. The number of nitrogens with zero attached hydrogens (tertiary/aromatic N) is 2. The molecule has 154 valence electrons. The third-order valence-corrected chi connectivity index (χ3v) is 4.77. The maximum atomic E-state index is 12.2. The van der Waals surface area contributed by atoms with Gasteiger partial charge in [0.2, 0.25) is 5.91 Å². The van der Waals surface area contributed by atoms with Crippen LogP contribution in [0, 0.1) is 10.1 Å². The van der Waals surface area contributed by atoms with Crippen molar-refractivity contribution in [3.8, 4) is 0 Å². The van der Waals surface area contributed by atoms with Gasteiger partial charge in [-0.3, -0.25) is 19.8 Å². The highest BCUT2D eigenvalue weighted by Gasteiger charge is 2.12. The summed E-state index contributed by atoms with van der Waals surface area (Å²) >= 11 is 0. The summed E-state index contributed by atoms with van der Waals surface area (Å²) in [7, 11) is 0. The van der Waals surface area contributed by atoms with Crippen LogP contribution < -0.4 is 10.6 Å². The number of morpholine rings is 1. The second-order valence-corrected chi connectivity index (χ2v) is 6.98. The number of ether oxygens (including phenoxy) is 1. The van der Waals surface area contributed by atoms with Crippen LogP contribution in [0.5, 0.6) is 0 Å². The largest absolute Gasteiger partial charge is 0.379 e. The van der Waals surface area contributed by atoms with E-state index in [1.807, 2.05) is 24.3 Å². The molecule has 29 heavy (non-hydrogen) atoms. The maximum absolute atomic E-state index is 12.2. The Labute approximate surface area is 170 Å². The van der Waals surface area contributed by atoms with Crippen LogP contribution in [0.1, 0.15) is 17.5 Å². The first-order valence-corrected chi connectivity index (χ1v) is 9.73. The number of amides is 1. The van der Waals surface area contributed by atoms with Gasteiger partial charge in [0.05, 0.1) is 18.1 Å². The van der Waals surface area contributed by atoms with Crippen LogP contribution in [-0.4, -0.2) is 48.6 Å². The molecule has 1 aliphatic rings. The molecular formula is C21H26N4O4. The zero-order chi connectivity index (χ0) is 20.5. The molecule has 2 aromatic carbocycles. The van der Waals surface area contributed by atoms with E-state index in [-0.39, 0.29) is 11.6 Å². The van der Waals surface area contributed by atoms with Crippen molar-refractivity contribution in [1.29, 1.82) is 0 Å². The van der Waals surface area contributed by atoms with E-state index in [1.165, 1.54) is 12.1 Å². The molecule has 1 heterocycles. The van der Waals surface area contributed by atoms with Gasteiger partial charge in [-0.2, -0.15) is 0 Å². The van der Waals surface area contributed by atoms with Crippen molar-refractivity contribution in [2.24, 2.45) is 0 Å². The first-order valence-electron chi connectivity index (χ1n) is 9.73. The third kappa shape index (κ3) is 6.94. The van der Waals surface area contributed by atoms with E-state index in [0.29, 0.717) is 19.5 Å². The zero-order valence-electron chi connectivity index (χ0n) is 16.3. The summed E-state index contributed by atoms with van der Waals surface area (Å²) in [6.45, 7) is 5.20. The zero-order valence-corrected chi connectivity index (χ0v) is 16.3. The van der Waals surface area contributed by atoms with E-state index in [4.69, 9.17) is 4.74 Å². The Bertz CT molecular complexity index is 820. The van der Waals surface area contributed by atoms with Crippen molar-refractivity contribution >= 4 is 17.3 Å². The summed E-state index contributed by atoms with van der Waals surface area (Å²) in [6, 6.07) is 14.2. The summed E-state index contributed by atoms with van der Waals surface area (Å²) in [6.07, 6.45) is 0.461. The SMILES string of the molecule is O=C(CCN1CCOCC1)Nc1cccc(CNCc2ccc([N+](=O)[O-])cc2)c1. The van der Waals surface area contributed by atoms with Crippen molar-refractivity contribution < 1.29 is 14.5 Å². The predicted molar refractivity (Wildman–Crippen MR) is 111 cm³/mol. The number of anilines is 1. The molecule has 0 atom stereocenters. The molecule has 0 radical (unpaired) electrons. The average Bonchev–Trinajstić information content (AvgIpc) is 2.74. The van der Waals surface area contributed by atoms with Crippen molar-refractivity contribution in [3.63, 3.8) is 0 Å². The monoisotopic (exact) mass is 398 g/mol. The standard InChI is InChI=1S/C21H26N4O4/c26-21(8-9-24-10-12-29-13-11-24)23-19-3-1-2-18(14-19)16-22-15-17-4-6-20(7-5-17)25(27)28/h1-7,14,22H,8-13,15-16H2,(H,23,26). The number of hydrogen-bond donors (Lipinski definition) is 2. The summed E-state index contributed by atoms with van der Waals surface area (Å²) in [4.78, 5) is 24.7. The van der Waals surface area contributed by atoms with Gasteiger partial charge in [-0.05, 0) is 23.3 Å². The van der Waals surface area contributed by atoms with Gasteiger partial charge >= 0.3 is 0 Å². The maximum Gasteiger partial charge on any atom is 0.269 e. The Hall–Kier alpha value is -2.81. The molecule has 1 saturated heterocycles. The van der Waals surface area contributed by atoms with Crippen LogP contribution in [0.2, 0.25) is 0 Å². The molecule has 2 aromatic rings. The van der Waals surface area contributed by atoms with E-state index in [9.17, 15) is 14.9 Å². The minimum absolute atomic E-state index is 0.00693. The van der Waals surface area contributed by atoms with Crippen LogP contribution in [0.4, 0.5) is 11.4 Å². The number of nitro groups is 1. The quantitative estimate of drug-likeness (QED) is 0.498. The van der Waals surface area contributed by atoms with Crippen molar-refractivity contribution in [2.45, 2.75) is 19.5 Å². The minimum atomic E-state index is -0.405. The fourth-order valence-electron chi connectivity index (χ4n) is 3.15. The summed E-state index contributed by atoms with van der Waals surface area (Å²) in [5.74, 6) is 0.00693. The first kappa shape index (κ1) is 20.9. The Balaban J connectivity index is 1.42. The Morgan fingerprint density at radius 1 is 1.07 bits per heavy atom. The molecule has 0 aliphatic carbocycles. The Morgan fingerprint density at radius 2 is 1.79 bits per heavy atom. The van der Waals surface area contributed by atoms with Crippen LogP contribution in [0.25, 0.3) is 0 Å². The van der Waals surface area contributed by atoms with Gasteiger partial charge in [0, 0.05) is 57.0 Å². The predicted octanol–water partition coefficient (Wildman–Crippen LogP) is 2.55. The molecule has 1 amide bonds. The highest BCUT2D eigenvalue weighted by Crippen LogP contribution is 2.13. The number of benzene rings is 2. The molecule has 0 saturated carbocycles. The van der Waals surface area contributed by atoms with Gasteiger partial charge in [0.1, 0.15) is 0 Å². The average molecular weight is 398 g/mol. The third-order valence-electron chi connectivity index (χ3n) is 4.77. The lowest BCUT2D eigenvalue weighted by Crippen LogP contribution is -2.38. The number of nitro benzene ring substituents is 1. The molecule has 2 N–H and O–H groups in total. The van der Waals surface area contributed by atoms with Crippen molar-refractivity contribution in [1.82, 2.24) is 10.2 Å². The fourth-order valence-corrected chi connectivity index (χ4v) is 3.15. The van der Waals surface area contributed by atoms with Crippen LogP contribution in [-0.2, 0) is 22.6 Å². The Morgan fingerprint density at radius 3 is 2.52 bits per heavy atom. The first-order chi connectivity index (χ1) is 14.1. The van der Waals surface area contributed by atoms with E-state index in [1.54, 1.807) is 12.1 Å². The topological polar surface area (TPSA) is 96.7 Å². The second-order valence-electron chi connectivity index (χ2n) is 6.98. The lowest BCUT2D eigenvalue weighted by Gasteiger charge is -2.26. The molecule has 8 nitrogen and oxygen atoms in total. The smallest absolute Gasteiger partial charge is 0.269 e. The molecule has 0 spiro atoms. The summed E-state index contributed by atoms with van der Waals surface area (Å²) in [5.41, 5.74) is 2.90. The molecule has 0 aromatic heterocycles. The van der Waals surface area contributed by atoms with Gasteiger partial charge in [0.15, 0.2) is 0 Å². The number of non-ortho nitro benzene ring substituents is 1. The summed E-state index contributed by atoms with van der Waals surface area (Å²) in [5, 5.41) is 17.0. The molecule has 1 fully saturated rings. The normalized spacial score (nSPS) is 14.5.